The van der Waals surface area contributed by atoms with Crippen LogP contribution in [-0.2, 0) is 6.61 Å². The number of halogens is 3. The van der Waals surface area contributed by atoms with Crippen molar-refractivity contribution in [2.45, 2.75) is 12.6 Å². The van der Waals surface area contributed by atoms with E-state index in [0.717, 1.165) is 18.2 Å². The Kier molecular flexibility index (Phi) is 5.80. The molecule has 1 unspecified atom stereocenters. The third-order valence-electron chi connectivity index (χ3n) is 5.01. The highest BCUT2D eigenvalue weighted by atomic mass is 19.2. The number of aromatic nitrogens is 1. The second kappa shape index (κ2) is 8.88. The molecule has 34 heavy (non-hydrogen) atoms. The maximum atomic E-state index is 14.1. The van der Waals surface area contributed by atoms with Crippen molar-refractivity contribution in [1.82, 2.24) is 10.3 Å². The minimum absolute atomic E-state index is 0.00172. The van der Waals surface area contributed by atoms with Gasteiger partial charge in [0.05, 0.1) is 5.69 Å². The van der Waals surface area contributed by atoms with Crippen molar-refractivity contribution in [3.8, 4) is 18.0 Å². The Hall–Kier alpha value is -4.97. The van der Waals surface area contributed by atoms with E-state index in [1.165, 1.54) is 18.2 Å². The van der Waals surface area contributed by atoms with Crippen LogP contribution in [0, 0.1) is 40.2 Å². The van der Waals surface area contributed by atoms with E-state index < -0.39 is 23.5 Å². The van der Waals surface area contributed by atoms with Crippen LogP contribution in [-0.4, -0.2) is 10.9 Å². The van der Waals surface area contributed by atoms with Crippen molar-refractivity contribution in [1.29, 1.82) is 10.5 Å². The lowest BCUT2D eigenvalue weighted by molar-refractivity contribution is 0.299. The lowest BCUT2D eigenvalue weighted by Gasteiger charge is -2.27. The first-order chi connectivity index (χ1) is 16.3. The molecule has 1 aromatic heterocycles. The van der Waals surface area contributed by atoms with Gasteiger partial charge in [-0.1, -0.05) is 6.07 Å². The zero-order chi connectivity index (χ0) is 24.4. The van der Waals surface area contributed by atoms with Gasteiger partial charge in [-0.25, -0.2) is 23.1 Å². The quantitative estimate of drug-likeness (QED) is 0.339. The van der Waals surface area contributed by atoms with E-state index >= 15 is 0 Å². The topological polar surface area (TPSA) is 158 Å². The zero-order valence-electron chi connectivity index (χ0n) is 17.2. The summed E-state index contributed by atoms with van der Waals surface area (Å²) in [6, 6.07) is 7.81. The summed E-state index contributed by atoms with van der Waals surface area (Å²) in [5.41, 5.74) is 12.9. The molecular formula is C22H15F3N8O. The highest BCUT2D eigenvalue weighted by molar-refractivity contribution is 5.98. The Morgan fingerprint density at radius 1 is 1.09 bits per heavy atom. The molecule has 1 aliphatic rings. The number of nitrogen functional groups attached to an aromatic ring is 2. The first kappa shape index (κ1) is 22.2. The lowest BCUT2D eigenvalue weighted by atomic mass is 9.94. The number of benzene rings is 2. The summed E-state index contributed by atoms with van der Waals surface area (Å²) in [4.78, 5) is 8.56. The maximum Gasteiger partial charge on any atom is 0.211 e. The minimum atomic E-state index is -1.05. The average molecular weight is 464 g/mol. The Labute approximate surface area is 191 Å². The number of fused-ring (bicyclic) bond motifs is 1. The number of pyridine rings is 1. The molecule has 1 aliphatic heterocycles. The van der Waals surface area contributed by atoms with Gasteiger partial charge in [-0.05, 0) is 29.8 Å². The van der Waals surface area contributed by atoms with Crippen molar-refractivity contribution in [2.75, 3.05) is 16.8 Å². The Balaban J connectivity index is 1.81. The molecule has 0 spiro atoms. The molecule has 0 bridgehead atoms. The number of nitrogens with zero attached hydrogens (tertiary/aromatic N) is 4. The molecule has 9 nitrogen and oxygen atoms in total. The smallest absolute Gasteiger partial charge is 0.211 e. The second-order valence-electron chi connectivity index (χ2n) is 7.12. The number of nitrogens with one attached hydrogen (secondary N) is 2. The van der Waals surface area contributed by atoms with E-state index in [0.29, 0.717) is 11.1 Å². The number of aliphatic imine (C=N–C) groups is 1. The van der Waals surface area contributed by atoms with E-state index in [1.807, 2.05) is 6.07 Å². The van der Waals surface area contributed by atoms with Crippen molar-refractivity contribution < 1.29 is 17.9 Å². The molecule has 0 aliphatic carbocycles. The van der Waals surface area contributed by atoms with Gasteiger partial charge in [-0.2, -0.15) is 10.5 Å². The van der Waals surface area contributed by atoms with Crippen molar-refractivity contribution >= 4 is 23.3 Å². The molecule has 2 aromatic carbocycles. The number of rotatable bonds is 4. The van der Waals surface area contributed by atoms with Crippen LogP contribution in [0.3, 0.4) is 0 Å². The third-order valence-corrected chi connectivity index (χ3v) is 5.01. The van der Waals surface area contributed by atoms with Gasteiger partial charge in [0, 0.05) is 17.2 Å². The predicted molar refractivity (Wildman–Crippen MR) is 117 cm³/mol. The van der Waals surface area contributed by atoms with Gasteiger partial charge >= 0.3 is 0 Å². The van der Waals surface area contributed by atoms with Crippen molar-refractivity contribution in [2.24, 2.45) is 4.99 Å². The van der Waals surface area contributed by atoms with Gasteiger partial charge in [0.25, 0.3) is 0 Å². The van der Waals surface area contributed by atoms with Crippen LogP contribution in [0.4, 0.5) is 30.5 Å². The summed E-state index contributed by atoms with van der Waals surface area (Å²) in [5.74, 6) is -2.64. The molecule has 4 rings (SSSR count). The molecule has 0 saturated carbocycles. The molecule has 1 atom stereocenters. The van der Waals surface area contributed by atoms with Gasteiger partial charge < -0.3 is 21.5 Å². The van der Waals surface area contributed by atoms with Gasteiger partial charge in [0.2, 0.25) is 5.96 Å². The number of nitrogens with two attached hydrogens (primary N) is 2. The summed E-state index contributed by atoms with van der Waals surface area (Å²) in [7, 11) is 0. The number of hydrogen-bond donors (Lipinski definition) is 4. The van der Waals surface area contributed by atoms with Crippen molar-refractivity contribution in [3.05, 3.63) is 76.1 Å². The summed E-state index contributed by atoms with van der Waals surface area (Å²) in [6.45, 7) is -0.211. The van der Waals surface area contributed by atoms with Gasteiger partial charge in [0.1, 0.15) is 47.5 Å². The molecule has 0 saturated heterocycles. The number of guanidine groups is 1. The second-order valence-corrected chi connectivity index (χ2v) is 7.12. The standard InChI is InChI=1S/C22H15F3N8O/c23-11-2-3-12(16(6-11)34-8-10-1-4-14(24)15(25)5-10)19-17-18(28)13(7-26)20(29)32-21(17)33-22(31-19)30-9-27/h1-6,19H,8H2,(H6,28,29,30,31,32,33). The number of ether oxygens (including phenoxy) is 1. The SMILES string of the molecule is N#CNC1=NC(c2ccc(F)cc2OCc2ccc(F)c(F)c2)c2c(nc(N)c(C#N)c2N)N1. The van der Waals surface area contributed by atoms with Crippen LogP contribution >= 0.6 is 0 Å². The first-order valence-corrected chi connectivity index (χ1v) is 9.67. The molecule has 3 aromatic rings. The van der Waals surface area contributed by atoms with Gasteiger partial charge in [0.15, 0.2) is 17.8 Å². The maximum absolute atomic E-state index is 14.1. The molecule has 0 fully saturated rings. The van der Waals surface area contributed by atoms with Crippen LogP contribution < -0.4 is 26.8 Å². The highest BCUT2D eigenvalue weighted by Gasteiger charge is 2.31. The third kappa shape index (κ3) is 4.08. The van der Waals surface area contributed by atoms with E-state index in [-0.39, 0.29) is 46.8 Å². The number of nitriles is 2. The largest absolute Gasteiger partial charge is 0.488 e. The fourth-order valence-electron chi connectivity index (χ4n) is 3.46. The Bertz CT molecular complexity index is 1410. The molecule has 12 heteroatoms. The fraction of sp³-hybridized carbons (Fsp3) is 0.0909. The van der Waals surface area contributed by atoms with Crippen LogP contribution in [0.25, 0.3) is 0 Å². The molecule has 2 heterocycles. The van der Waals surface area contributed by atoms with Crippen LogP contribution in [0.15, 0.2) is 41.4 Å². The van der Waals surface area contributed by atoms with Crippen LogP contribution in [0.1, 0.15) is 28.3 Å². The van der Waals surface area contributed by atoms with Gasteiger partial charge in [-0.15, -0.1) is 0 Å². The summed E-state index contributed by atoms with van der Waals surface area (Å²) >= 11 is 0. The summed E-state index contributed by atoms with van der Waals surface area (Å²) < 4.78 is 46.6. The predicted octanol–water partition coefficient (Wildman–Crippen LogP) is 3.06. The minimum Gasteiger partial charge on any atom is -0.488 e. The van der Waals surface area contributed by atoms with Crippen molar-refractivity contribution in [3.63, 3.8) is 0 Å². The van der Waals surface area contributed by atoms with Gasteiger partial charge in [-0.3, -0.25) is 5.32 Å². The van der Waals surface area contributed by atoms with Crippen LogP contribution in [0.2, 0.25) is 0 Å². The lowest BCUT2D eigenvalue weighted by Crippen LogP contribution is -2.33. The van der Waals surface area contributed by atoms with E-state index in [1.54, 1.807) is 6.19 Å². The highest BCUT2D eigenvalue weighted by Crippen LogP contribution is 2.43. The van der Waals surface area contributed by atoms with E-state index in [2.05, 4.69) is 20.6 Å². The molecule has 0 amide bonds. The number of anilines is 3. The summed E-state index contributed by atoms with van der Waals surface area (Å²) in [5, 5.41) is 23.6. The fourth-order valence-corrected chi connectivity index (χ4v) is 3.46. The zero-order valence-corrected chi connectivity index (χ0v) is 17.2. The van der Waals surface area contributed by atoms with E-state index in [9.17, 15) is 18.4 Å². The molecule has 0 radical (unpaired) electrons. The Morgan fingerprint density at radius 2 is 1.88 bits per heavy atom. The Morgan fingerprint density at radius 3 is 2.59 bits per heavy atom. The normalized spacial score (nSPS) is 14.1. The van der Waals surface area contributed by atoms with E-state index in [4.69, 9.17) is 21.5 Å². The monoisotopic (exact) mass is 464 g/mol. The molecule has 6 N–H and O–H groups in total. The summed E-state index contributed by atoms with van der Waals surface area (Å²) in [6.07, 6.45) is 1.73. The van der Waals surface area contributed by atoms with Crippen LogP contribution in [0.5, 0.6) is 5.75 Å². The first-order valence-electron chi connectivity index (χ1n) is 9.67. The molecule has 170 valence electrons. The molecular weight excluding hydrogens is 449 g/mol. The number of hydrogen-bond acceptors (Lipinski definition) is 9. The average Bonchev–Trinajstić information content (AvgIpc) is 2.80.